The van der Waals surface area contributed by atoms with E-state index in [-0.39, 0.29) is 24.2 Å². The molecule has 2 saturated heterocycles. The number of urea groups is 1. The lowest BCUT2D eigenvalue weighted by atomic mass is 9.99. The highest BCUT2D eigenvalue weighted by molar-refractivity contribution is 5.82. The van der Waals surface area contributed by atoms with Crippen molar-refractivity contribution >= 4 is 12.0 Å². The number of aliphatic carboxylic acids is 1. The van der Waals surface area contributed by atoms with E-state index >= 15 is 0 Å². The number of likely N-dealkylation sites (tertiary alicyclic amines) is 1. The summed E-state index contributed by atoms with van der Waals surface area (Å²) in [4.78, 5) is 25.0. The van der Waals surface area contributed by atoms with E-state index in [0.29, 0.717) is 19.5 Å². The standard InChI is InChI=1S/C13H22N2O4/c1-3-8(2)11(12(16)17)14-13(18)15-6-9-4-5-10(7-15)19-9/h8-11H,3-7H2,1-2H3,(H,14,18)(H,16,17)/t8?,9?,10?,11-/m0/s1. The first-order chi connectivity index (χ1) is 9.01. The first-order valence-electron chi connectivity index (χ1n) is 6.95. The molecule has 2 aliphatic rings. The number of nitrogens with one attached hydrogen (secondary N) is 1. The van der Waals surface area contributed by atoms with Crippen molar-refractivity contribution in [3.8, 4) is 0 Å². The zero-order chi connectivity index (χ0) is 14.0. The van der Waals surface area contributed by atoms with Gasteiger partial charge >= 0.3 is 12.0 Å². The minimum atomic E-state index is -0.973. The number of hydrogen-bond donors (Lipinski definition) is 2. The lowest BCUT2D eigenvalue weighted by Gasteiger charge is -2.33. The minimum absolute atomic E-state index is 0.0841. The molecule has 0 aliphatic carbocycles. The fourth-order valence-electron chi connectivity index (χ4n) is 2.69. The zero-order valence-corrected chi connectivity index (χ0v) is 11.5. The van der Waals surface area contributed by atoms with E-state index in [4.69, 9.17) is 4.74 Å². The first-order valence-corrected chi connectivity index (χ1v) is 6.95. The number of amides is 2. The fraction of sp³-hybridized carbons (Fsp3) is 0.846. The van der Waals surface area contributed by atoms with Crippen molar-refractivity contribution in [3.05, 3.63) is 0 Å². The van der Waals surface area contributed by atoms with Crippen molar-refractivity contribution in [2.24, 2.45) is 5.92 Å². The van der Waals surface area contributed by atoms with Crippen LogP contribution in [0.4, 0.5) is 4.79 Å². The van der Waals surface area contributed by atoms with Gasteiger partial charge in [0.15, 0.2) is 0 Å². The molecule has 0 spiro atoms. The smallest absolute Gasteiger partial charge is 0.326 e. The quantitative estimate of drug-likeness (QED) is 0.800. The Morgan fingerprint density at radius 2 is 1.95 bits per heavy atom. The van der Waals surface area contributed by atoms with Crippen molar-refractivity contribution in [2.45, 2.75) is 51.4 Å². The summed E-state index contributed by atoms with van der Waals surface area (Å²) in [7, 11) is 0. The number of nitrogens with zero attached hydrogens (tertiary/aromatic N) is 1. The van der Waals surface area contributed by atoms with Crippen molar-refractivity contribution in [2.75, 3.05) is 13.1 Å². The molecule has 0 aromatic carbocycles. The summed E-state index contributed by atoms with van der Waals surface area (Å²) in [6, 6.07) is -1.11. The van der Waals surface area contributed by atoms with Crippen LogP contribution in [0.2, 0.25) is 0 Å². The predicted molar refractivity (Wildman–Crippen MR) is 68.9 cm³/mol. The van der Waals surface area contributed by atoms with Gasteiger partial charge in [-0.1, -0.05) is 20.3 Å². The average molecular weight is 270 g/mol. The topological polar surface area (TPSA) is 78.9 Å². The Kier molecular flexibility index (Phi) is 4.29. The van der Waals surface area contributed by atoms with Gasteiger partial charge in [-0.2, -0.15) is 0 Å². The Balaban J connectivity index is 1.94. The highest BCUT2D eigenvalue weighted by Gasteiger charge is 2.37. The van der Waals surface area contributed by atoms with Crippen LogP contribution in [-0.2, 0) is 9.53 Å². The minimum Gasteiger partial charge on any atom is -0.480 e. The normalized spacial score (nSPS) is 28.8. The van der Waals surface area contributed by atoms with Gasteiger partial charge in [0.25, 0.3) is 0 Å². The average Bonchev–Trinajstić information content (AvgIpc) is 2.73. The Bertz CT molecular complexity index is 349. The lowest BCUT2D eigenvalue weighted by molar-refractivity contribution is -0.140. The second-order valence-corrected chi connectivity index (χ2v) is 5.51. The SMILES string of the molecule is CCC(C)[C@H](NC(=O)N1CC2CCC(C1)O2)C(=O)O. The molecule has 2 rings (SSSR count). The summed E-state index contributed by atoms with van der Waals surface area (Å²) >= 11 is 0. The Morgan fingerprint density at radius 1 is 1.37 bits per heavy atom. The van der Waals surface area contributed by atoms with Gasteiger partial charge in [-0.05, 0) is 18.8 Å². The molecule has 2 aliphatic heterocycles. The van der Waals surface area contributed by atoms with Crippen LogP contribution in [0.3, 0.4) is 0 Å². The van der Waals surface area contributed by atoms with Crippen LogP contribution in [-0.4, -0.2) is 53.3 Å². The number of fused-ring (bicyclic) bond motifs is 2. The van der Waals surface area contributed by atoms with E-state index in [9.17, 15) is 14.7 Å². The Hall–Kier alpha value is -1.30. The van der Waals surface area contributed by atoms with Crippen LogP contribution < -0.4 is 5.32 Å². The van der Waals surface area contributed by atoms with Crippen molar-refractivity contribution < 1.29 is 19.4 Å². The van der Waals surface area contributed by atoms with Gasteiger partial charge in [0, 0.05) is 13.1 Å². The number of carboxylic acid groups (broad SMARTS) is 1. The Labute approximate surface area is 113 Å². The molecule has 0 saturated carbocycles. The maximum absolute atomic E-state index is 12.1. The molecule has 19 heavy (non-hydrogen) atoms. The summed E-state index contributed by atoms with van der Waals surface area (Å²) in [5.41, 5.74) is 0. The molecule has 2 N–H and O–H groups in total. The monoisotopic (exact) mass is 270 g/mol. The first kappa shape index (κ1) is 14.1. The van der Waals surface area contributed by atoms with Crippen molar-refractivity contribution in [3.63, 3.8) is 0 Å². The van der Waals surface area contributed by atoms with E-state index in [1.165, 1.54) is 0 Å². The van der Waals surface area contributed by atoms with Gasteiger partial charge in [0.05, 0.1) is 12.2 Å². The van der Waals surface area contributed by atoms with Gasteiger partial charge in [0.2, 0.25) is 0 Å². The van der Waals surface area contributed by atoms with Crippen LogP contribution in [0.25, 0.3) is 0 Å². The number of carbonyl (C=O) groups excluding carboxylic acids is 1. The molecule has 0 aromatic heterocycles. The zero-order valence-electron chi connectivity index (χ0n) is 11.5. The number of hydrogen-bond acceptors (Lipinski definition) is 3. The molecule has 2 bridgehead atoms. The third-order valence-corrected chi connectivity index (χ3v) is 4.09. The van der Waals surface area contributed by atoms with Gasteiger partial charge < -0.3 is 20.1 Å². The number of carbonyl (C=O) groups is 2. The molecular weight excluding hydrogens is 248 g/mol. The fourth-order valence-corrected chi connectivity index (χ4v) is 2.69. The summed E-state index contributed by atoms with van der Waals surface area (Å²) < 4.78 is 5.66. The molecular formula is C13H22N2O4. The molecule has 0 aromatic rings. The second kappa shape index (κ2) is 5.77. The number of carboxylic acids is 1. The van der Waals surface area contributed by atoms with E-state index in [0.717, 1.165) is 12.8 Å². The van der Waals surface area contributed by atoms with Crippen LogP contribution >= 0.6 is 0 Å². The van der Waals surface area contributed by atoms with E-state index in [1.54, 1.807) is 4.90 Å². The molecule has 2 amide bonds. The summed E-state index contributed by atoms with van der Waals surface area (Å²) in [5, 5.41) is 11.8. The van der Waals surface area contributed by atoms with Gasteiger partial charge in [-0.25, -0.2) is 9.59 Å². The predicted octanol–water partition coefficient (Wildman–Crippen LogP) is 1.06. The van der Waals surface area contributed by atoms with Gasteiger partial charge in [-0.15, -0.1) is 0 Å². The maximum atomic E-state index is 12.1. The van der Waals surface area contributed by atoms with Gasteiger partial charge in [-0.3, -0.25) is 0 Å². The van der Waals surface area contributed by atoms with Gasteiger partial charge in [0.1, 0.15) is 6.04 Å². The maximum Gasteiger partial charge on any atom is 0.326 e. The molecule has 6 heteroatoms. The number of morpholine rings is 1. The third-order valence-electron chi connectivity index (χ3n) is 4.09. The molecule has 3 unspecified atom stereocenters. The largest absolute Gasteiger partial charge is 0.480 e. The summed E-state index contributed by atoms with van der Waals surface area (Å²) in [6.45, 7) is 4.88. The molecule has 0 radical (unpaired) electrons. The van der Waals surface area contributed by atoms with E-state index < -0.39 is 12.0 Å². The second-order valence-electron chi connectivity index (χ2n) is 5.51. The third kappa shape index (κ3) is 3.18. The summed E-state index contributed by atoms with van der Waals surface area (Å²) in [5.74, 6) is -1.06. The van der Waals surface area contributed by atoms with Crippen LogP contribution in [0.1, 0.15) is 33.1 Å². The highest BCUT2D eigenvalue weighted by atomic mass is 16.5. The lowest BCUT2D eigenvalue weighted by Crippen LogP contribution is -2.54. The highest BCUT2D eigenvalue weighted by Crippen LogP contribution is 2.26. The number of ether oxygens (including phenoxy) is 1. The molecule has 108 valence electrons. The molecule has 2 fully saturated rings. The van der Waals surface area contributed by atoms with E-state index in [2.05, 4.69) is 5.32 Å². The van der Waals surface area contributed by atoms with Crippen molar-refractivity contribution in [1.29, 1.82) is 0 Å². The van der Waals surface area contributed by atoms with E-state index in [1.807, 2.05) is 13.8 Å². The summed E-state index contributed by atoms with van der Waals surface area (Å²) in [6.07, 6.45) is 2.93. The molecule has 4 atom stereocenters. The molecule has 6 nitrogen and oxygen atoms in total. The Morgan fingerprint density at radius 3 is 2.42 bits per heavy atom. The van der Waals surface area contributed by atoms with Crippen LogP contribution in [0, 0.1) is 5.92 Å². The van der Waals surface area contributed by atoms with Crippen LogP contribution in [0.5, 0.6) is 0 Å². The number of rotatable bonds is 4. The molecule has 2 heterocycles. The van der Waals surface area contributed by atoms with Crippen molar-refractivity contribution in [1.82, 2.24) is 10.2 Å². The van der Waals surface area contributed by atoms with Crippen LogP contribution in [0.15, 0.2) is 0 Å².